The molecule has 2 amide bonds. The summed E-state index contributed by atoms with van der Waals surface area (Å²) < 4.78 is 58.0. The number of imide groups is 1. The summed E-state index contributed by atoms with van der Waals surface area (Å²) in [5.74, 6) is -0.296. The Balaban J connectivity index is -0.000000166. The van der Waals surface area contributed by atoms with Gasteiger partial charge >= 0.3 is 13.4 Å². The Bertz CT molecular complexity index is 178. The third kappa shape index (κ3) is 29.2. The zero-order valence-corrected chi connectivity index (χ0v) is 8.15. The van der Waals surface area contributed by atoms with Crippen LogP contribution in [0.1, 0.15) is 12.8 Å². The van der Waals surface area contributed by atoms with E-state index in [2.05, 4.69) is 5.32 Å². The minimum Gasteiger partial charge on any atom is -0.296 e. The molecule has 1 aliphatic heterocycles. The molecule has 1 aliphatic rings. The van der Waals surface area contributed by atoms with Gasteiger partial charge in [0, 0.05) is 31.7 Å². The third-order valence-corrected chi connectivity index (χ3v) is 0.858. The minimum atomic E-state index is -3.67. The molecule has 0 aromatic carbocycles. The quantitative estimate of drug-likeness (QED) is 0.399. The normalized spacial score (nSPS) is 13.2. The number of rotatable bonds is 0. The van der Waals surface area contributed by atoms with Crippen molar-refractivity contribution in [2.24, 2.45) is 0 Å². The summed E-state index contributed by atoms with van der Waals surface area (Å²) in [7, 11) is 0. The van der Waals surface area contributed by atoms with Gasteiger partial charge in [-0.3, -0.25) is 14.9 Å². The molecule has 1 N–H and O–H groups in total. The molecule has 1 rings (SSSR count). The Kier molecular flexibility index (Phi) is 16.0. The molecular formula is C6H7F6LiNO2. The third-order valence-electron chi connectivity index (χ3n) is 0.858. The Morgan fingerprint density at radius 3 is 1.06 bits per heavy atom. The number of hydrogen-bond acceptors (Lipinski definition) is 2. The fraction of sp³-hybridized carbons (Fsp3) is 0.667. The number of alkyl halides is 6. The van der Waals surface area contributed by atoms with Gasteiger partial charge in [-0.15, -0.1) is 0 Å². The first kappa shape index (κ1) is 20.7. The predicted octanol–water partition coefficient (Wildman–Crippen LogP) is 1.40. The van der Waals surface area contributed by atoms with Crippen LogP contribution in [0.3, 0.4) is 0 Å². The van der Waals surface area contributed by atoms with Gasteiger partial charge in [0.05, 0.1) is 0 Å². The van der Waals surface area contributed by atoms with Crippen molar-refractivity contribution in [3.8, 4) is 0 Å². The summed E-state index contributed by atoms with van der Waals surface area (Å²) in [6.45, 7) is -7.33. The molecule has 0 aromatic rings. The summed E-state index contributed by atoms with van der Waals surface area (Å²) in [6, 6.07) is 0. The molecule has 16 heavy (non-hydrogen) atoms. The maximum Gasteiger partial charge on any atom is 0.379 e. The van der Waals surface area contributed by atoms with Gasteiger partial charge in [0.2, 0.25) is 11.8 Å². The van der Waals surface area contributed by atoms with E-state index in [1.807, 2.05) is 0 Å². The zero-order valence-electron chi connectivity index (χ0n) is 8.15. The first-order valence-electron chi connectivity index (χ1n) is 3.42. The molecule has 0 bridgehead atoms. The average Bonchev–Trinajstić information content (AvgIpc) is 2.31. The van der Waals surface area contributed by atoms with E-state index in [4.69, 9.17) is 0 Å². The topological polar surface area (TPSA) is 46.2 Å². The molecule has 0 unspecified atom stereocenters. The van der Waals surface area contributed by atoms with E-state index < -0.39 is 13.4 Å². The van der Waals surface area contributed by atoms with Crippen LogP contribution in [0.25, 0.3) is 0 Å². The van der Waals surface area contributed by atoms with Crippen LogP contribution in [0.2, 0.25) is 0 Å². The largest absolute Gasteiger partial charge is 0.379 e. The van der Waals surface area contributed by atoms with Crippen molar-refractivity contribution in [2.75, 3.05) is 0 Å². The van der Waals surface area contributed by atoms with Crippen molar-refractivity contribution in [1.82, 2.24) is 5.32 Å². The summed E-state index contributed by atoms with van der Waals surface area (Å²) in [5.41, 5.74) is 0. The molecule has 1 fully saturated rings. The van der Waals surface area contributed by atoms with E-state index in [-0.39, 0.29) is 30.7 Å². The first-order valence-corrected chi connectivity index (χ1v) is 3.42. The maximum atomic E-state index is 10.1. The summed E-state index contributed by atoms with van der Waals surface area (Å²) in [4.78, 5) is 20.2. The average molecular weight is 246 g/mol. The number of carbonyl (C=O) groups excluding carboxylic acids is 2. The molecule has 91 valence electrons. The van der Waals surface area contributed by atoms with E-state index in [1.165, 1.54) is 0 Å². The molecule has 3 nitrogen and oxygen atoms in total. The van der Waals surface area contributed by atoms with E-state index in [9.17, 15) is 35.9 Å². The van der Waals surface area contributed by atoms with Crippen LogP contribution in [-0.4, -0.2) is 44.0 Å². The Morgan fingerprint density at radius 1 is 0.812 bits per heavy atom. The Labute approximate surface area is 98.7 Å². The van der Waals surface area contributed by atoms with Gasteiger partial charge in [0.1, 0.15) is 0 Å². The molecule has 1 heterocycles. The number of hydrogen-bond donors (Lipinski definition) is 1. The molecule has 10 heteroatoms. The van der Waals surface area contributed by atoms with E-state index in [1.54, 1.807) is 0 Å². The van der Waals surface area contributed by atoms with Crippen LogP contribution in [0.15, 0.2) is 0 Å². The van der Waals surface area contributed by atoms with E-state index in [0.29, 0.717) is 12.8 Å². The Hall–Kier alpha value is -0.683. The monoisotopic (exact) mass is 246 g/mol. The summed E-state index contributed by atoms with van der Waals surface area (Å²) in [6.07, 6.45) is 0.748. The molecular weight excluding hydrogens is 239 g/mol. The smallest absolute Gasteiger partial charge is 0.296 e. The number of halogens is 6. The van der Waals surface area contributed by atoms with Gasteiger partial charge in [-0.2, -0.15) is 26.3 Å². The molecule has 0 atom stereocenters. The van der Waals surface area contributed by atoms with Gasteiger partial charge in [-0.1, -0.05) is 0 Å². The first-order chi connectivity index (χ1) is 6.75. The molecule has 1 saturated heterocycles. The molecule has 0 aliphatic carbocycles. The fourth-order valence-electron chi connectivity index (χ4n) is 0.508. The zero-order chi connectivity index (χ0) is 12.4. The van der Waals surface area contributed by atoms with Crippen LogP contribution in [0.5, 0.6) is 0 Å². The van der Waals surface area contributed by atoms with Crippen LogP contribution < -0.4 is 5.32 Å². The SMILES string of the molecule is FC(F)F.FC(F)F.O=C1CCC(=O)N1.[Li]. The number of nitrogens with one attached hydrogen (secondary N) is 1. The number of carbonyl (C=O) groups is 2. The second-order valence-electron chi connectivity index (χ2n) is 1.97. The van der Waals surface area contributed by atoms with E-state index >= 15 is 0 Å². The standard InChI is InChI=1S/C4H5NO2.2CHF3.Li/c6-3-1-2-4(7)5-3;2*2-1(3)4;/h1-2H2,(H,5,6,7);2*1H;. The van der Waals surface area contributed by atoms with Gasteiger partial charge in [-0.05, 0) is 0 Å². The van der Waals surface area contributed by atoms with Gasteiger partial charge in [0.25, 0.3) is 0 Å². The number of amides is 2. The van der Waals surface area contributed by atoms with Crippen molar-refractivity contribution in [3.05, 3.63) is 0 Å². The van der Waals surface area contributed by atoms with Gasteiger partial charge in [0.15, 0.2) is 0 Å². The Morgan fingerprint density at radius 2 is 1.00 bits per heavy atom. The minimum absolute atomic E-state index is 0. The van der Waals surface area contributed by atoms with Crippen molar-refractivity contribution >= 4 is 30.7 Å². The van der Waals surface area contributed by atoms with Crippen molar-refractivity contribution in [1.29, 1.82) is 0 Å². The molecule has 0 aromatic heterocycles. The van der Waals surface area contributed by atoms with Crippen LogP contribution in [-0.2, 0) is 9.59 Å². The van der Waals surface area contributed by atoms with Crippen molar-refractivity contribution < 1.29 is 35.9 Å². The fourth-order valence-corrected chi connectivity index (χ4v) is 0.508. The summed E-state index contributed by atoms with van der Waals surface area (Å²) >= 11 is 0. The van der Waals surface area contributed by atoms with Gasteiger partial charge < -0.3 is 0 Å². The second-order valence-corrected chi connectivity index (χ2v) is 1.97. The molecule has 0 saturated carbocycles. The van der Waals surface area contributed by atoms with Crippen molar-refractivity contribution in [3.63, 3.8) is 0 Å². The maximum absolute atomic E-state index is 10.1. The van der Waals surface area contributed by atoms with Crippen LogP contribution in [0, 0.1) is 0 Å². The van der Waals surface area contributed by atoms with Crippen molar-refractivity contribution in [2.45, 2.75) is 26.2 Å². The summed E-state index contributed by atoms with van der Waals surface area (Å²) in [5, 5.41) is 2.14. The molecule has 1 radical (unpaired) electrons. The predicted molar refractivity (Wildman–Crippen MR) is 42.4 cm³/mol. The molecule has 0 spiro atoms. The van der Waals surface area contributed by atoms with E-state index in [0.717, 1.165) is 0 Å². The second kappa shape index (κ2) is 12.4. The van der Waals surface area contributed by atoms with Crippen LogP contribution >= 0.6 is 0 Å². The van der Waals surface area contributed by atoms with Crippen LogP contribution in [0.4, 0.5) is 26.3 Å². The van der Waals surface area contributed by atoms with Gasteiger partial charge in [-0.25, -0.2) is 0 Å².